The lowest BCUT2D eigenvalue weighted by atomic mass is 9.94. The Morgan fingerprint density at radius 2 is 1.88 bits per heavy atom. The Kier molecular flexibility index (Phi) is 7.21. The van der Waals surface area contributed by atoms with E-state index in [1.54, 1.807) is 34.1 Å². The molecule has 12 heteroatoms. The van der Waals surface area contributed by atoms with Crippen LogP contribution >= 0.6 is 0 Å². The topological polar surface area (TPSA) is 90.6 Å². The predicted molar refractivity (Wildman–Crippen MR) is 147 cm³/mol. The molecule has 2 aliphatic rings. The molecule has 3 aromatic carbocycles. The SMILES string of the molecule is O=C1CCN(C(=O)N2CCOc3ccc(-c4ccc5nc(NCC(F)(F)F)[nH]c5c4)cc3C2)C(c2cccc(F)c2)C1. The minimum Gasteiger partial charge on any atom is -0.491 e. The van der Waals surface area contributed by atoms with Crippen LogP contribution in [0.25, 0.3) is 22.2 Å². The summed E-state index contributed by atoms with van der Waals surface area (Å²) in [5, 5.41) is 2.26. The summed E-state index contributed by atoms with van der Waals surface area (Å²) >= 11 is 0. The average molecular weight is 582 g/mol. The quantitative estimate of drug-likeness (QED) is 0.286. The second kappa shape index (κ2) is 11.0. The largest absolute Gasteiger partial charge is 0.491 e. The molecule has 42 heavy (non-hydrogen) atoms. The second-order valence-electron chi connectivity index (χ2n) is 10.4. The van der Waals surface area contributed by atoms with Gasteiger partial charge in [0.25, 0.3) is 0 Å². The number of hydrogen-bond acceptors (Lipinski definition) is 5. The number of ketones is 1. The maximum atomic E-state index is 14.0. The van der Waals surface area contributed by atoms with E-state index < -0.39 is 24.6 Å². The zero-order valence-corrected chi connectivity index (χ0v) is 22.4. The van der Waals surface area contributed by atoms with Crippen molar-refractivity contribution in [3.8, 4) is 16.9 Å². The van der Waals surface area contributed by atoms with E-state index in [4.69, 9.17) is 4.74 Å². The summed E-state index contributed by atoms with van der Waals surface area (Å²) in [6.45, 7) is -0.0794. The van der Waals surface area contributed by atoms with Crippen molar-refractivity contribution in [2.24, 2.45) is 0 Å². The van der Waals surface area contributed by atoms with E-state index in [1.807, 2.05) is 24.3 Å². The number of fused-ring (bicyclic) bond motifs is 2. The molecule has 2 aliphatic heterocycles. The van der Waals surface area contributed by atoms with Crippen molar-refractivity contribution in [3.63, 3.8) is 0 Å². The van der Waals surface area contributed by atoms with Gasteiger partial charge in [-0.05, 0) is 53.1 Å². The summed E-state index contributed by atoms with van der Waals surface area (Å²) in [6, 6.07) is 16.2. The van der Waals surface area contributed by atoms with Crippen molar-refractivity contribution in [3.05, 3.63) is 77.6 Å². The van der Waals surface area contributed by atoms with Gasteiger partial charge >= 0.3 is 12.2 Å². The Morgan fingerprint density at radius 3 is 2.69 bits per heavy atom. The number of benzene rings is 3. The van der Waals surface area contributed by atoms with Gasteiger partial charge in [0.2, 0.25) is 5.95 Å². The number of alkyl halides is 3. The first-order valence-electron chi connectivity index (χ1n) is 13.5. The van der Waals surface area contributed by atoms with Gasteiger partial charge in [-0.3, -0.25) is 4.79 Å². The molecule has 3 heterocycles. The summed E-state index contributed by atoms with van der Waals surface area (Å²) in [5.41, 5.74) is 4.09. The predicted octanol–water partition coefficient (Wildman–Crippen LogP) is 6.06. The van der Waals surface area contributed by atoms with Gasteiger partial charge in [-0.1, -0.05) is 24.3 Å². The number of ether oxygens (including phenoxy) is 1. The molecule has 0 saturated carbocycles. The van der Waals surface area contributed by atoms with Crippen LogP contribution in [0.5, 0.6) is 5.75 Å². The molecule has 6 rings (SSSR count). The highest BCUT2D eigenvalue weighted by Crippen LogP contribution is 2.34. The summed E-state index contributed by atoms with van der Waals surface area (Å²) in [5.74, 6) is 0.273. The summed E-state index contributed by atoms with van der Waals surface area (Å²) < 4.78 is 57.7. The highest BCUT2D eigenvalue weighted by Gasteiger charge is 2.35. The van der Waals surface area contributed by atoms with Crippen LogP contribution < -0.4 is 10.1 Å². The molecule has 1 fully saturated rings. The highest BCUT2D eigenvalue weighted by atomic mass is 19.4. The van der Waals surface area contributed by atoms with E-state index in [2.05, 4.69) is 15.3 Å². The summed E-state index contributed by atoms with van der Waals surface area (Å²) in [4.78, 5) is 36.5. The number of nitrogens with zero attached hydrogens (tertiary/aromatic N) is 3. The number of urea groups is 1. The molecular weight excluding hydrogens is 554 g/mol. The molecule has 0 spiro atoms. The first kappa shape index (κ1) is 27.6. The maximum absolute atomic E-state index is 14.0. The Hall–Kier alpha value is -4.61. The van der Waals surface area contributed by atoms with E-state index in [0.29, 0.717) is 28.9 Å². The number of imidazole rings is 1. The van der Waals surface area contributed by atoms with E-state index in [9.17, 15) is 27.2 Å². The lowest BCUT2D eigenvalue weighted by Crippen LogP contribution is -2.48. The lowest BCUT2D eigenvalue weighted by Gasteiger charge is -2.38. The minimum absolute atomic E-state index is 0.0277. The van der Waals surface area contributed by atoms with Crippen LogP contribution in [0.3, 0.4) is 0 Å². The molecule has 8 nitrogen and oxygen atoms in total. The summed E-state index contributed by atoms with van der Waals surface area (Å²) in [7, 11) is 0. The van der Waals surface area contributed by atoms with E-state index in [1.165, 1.54) is 12.1 Å². The molecular formula is C30H27F4N5O3. The smallest absolute Gasteiger partial charge is 0.405 e. The van der Waals surface area contributed by atoms with Gasteiger partial charge < -0.3 is 24.8 Å². The molecule has 2 amide bonds. The fraction of sp³-hybridized carbons (Fsp3) is 0.300. The number of likely N-dealkylation sites (tertiary alicyclic amines) is 1. The van der Waals surface area contributed by atoms with Crippen LogP contribution in [-0.2, 0) is 11.3 Å². The number of Topliss-reactive ketones (excluding diaryl/α,β-unsaturated/α-hetero) is 1. The Labute approximate surface area is 238 Å². The third-order valence-electron chi connectivity index (χ3n) is 7.49. The number of halogens is 4. The van der Waals surface area contributed by atoms with Crippen molar-refractivity contribution in [1.82, 2.24) is 19.8 Å². The van der Waals surface area contributed by atoms with E-state index in [-0.39, 0.29) is 50.3 Å². The number of carbonyl (C=O) groups excluding carboxylic acids is 2. The molecule has 1 unspecified atom stereocenters. The van der Waals surface area contributed by atoms with Crippen LogP contribution in [-0.4, -0.2) is 64.0 Å². The molecule has 0 radical (unpaired) electrons. The normalized spacial score (nSPS) is 17.5. The number of carbonyl (C=O) groups is 2. The first-order valence-corrected chi connectivity index (χ1v) is 13.5. The van der Waals surface area contributed by atoms with Gasteiger partial charge in [0.15, 0.2) is 0 Å². The molecule has 4 aromatic rings. The fourth-order valence-corrected chi connectivity index (χ4v) is 5.45. The van der Waals surface area contributed by atoms with Crippen LogP contribution in [0.4, 0.5) is 28.3 Å². The number of H-pyrrole nitrogens is 1. The first-order chi connectivity index (χ1) is 20.1. The number of aromatic nitrogens is 2. The van der Waals surface area contributed by atoms with Crippen molar-refractivity contribution < 1.29 is 31.9 Å². The zero-order valence-electron chi connectivity index (χ0n) is 22.4. The zero-order chi connectivity index (χ0) is 29.4. The van der Waals surface area contributed by atoms with Crippen LogP contribution in [0.2, 0.25) is 0 Å². The molecule has 2 N–H and O–H groups in total. The van der Waals surface area contributed by atoms with Crippen molar-refractivity contribution in [2.75, 3.05) is 31.6 Å². The van der Waals surface area contributed by atoms with Gasteiger partial charge in [0.1, 0.15) is 30.5 Å². The number of nitrogens with one attached hydrogen (secondary N) is 2. The number of aromatic amines is 1. The van der Waals surface area contributed by atoms with Crippen molar-refractivity contribution in [1.29, 1.82) is 0 Å². The molecule has 0 aliphatic carbocycles. The van der Waals surface area contributed by atoms with Gasteiger partial charge in [0, 0.05) is 24.9 Å². The standard InChI is InChI=1S/C30H27F4N5O3/c31-22-3-1-2-20(13-22)26-15-23(40)8-9-39(26)29(41)38-10-11-42-27-7-5-18(12-21(27)16-38)19-4-6-24-25(14-19)37-28(36-24)35-17-30(32,33)34/h1-7,12-14,26H,8-11,15-17H2,(H2,35,36,37). The molecule has 1 aromatic heterocycles. The fourth-order valence-electron chi connectivity index (χ4n) is 5.45. The molecule has 1 saturated heterocycles. The molecule has 0 bridgehead atoms. The average Bonchev–Trinajstić information content (AvgIpc) is 3.25. The second-order valence-corrected chi connectivity index (χ2v) is 10.4. The van der Waals surface area contributed by atoms with Crippen molar-refractivity contribution in [2.45, 2.75) is 31.6 Å². The van der Waals surface area contributed by atoms with Gasteiger partial charge in [-0.2, -0.15) is 13.2 Å². The van der Waals surface area contributed by atoms with Gasteiger partial charge in [-0.15, -0.1) is 0 Å². The summed E-state index contributed by atoms with van der Waals surface area (Å²) in [6.07, 6.45) is -3.99. The highest BCUT2D eigenvalue weighted by molar-refractivity contribution is 5.85. The Bertz CT molecular complexity index is 1650. The van der Waals surface area contributed by atoms with Crippen LogP contribution in [0, 0.1) is 5.82 Å². The van der Waals surface area contributed by atoms with Crippen LogP contribution in [0.1, 0.15) is 30.0 Å². The third-order valence-corrected chi connectivity index (χ3v) is 7.49. The van der Waals surface area contributed by atoms with Gasteiger partial charge in [-0.25, -0.2) is 14.2 Å². The molecule has 1 atom stereocenters. The van der Waals surface area contributed by atoms with Gasteiger partial charge in [0.05, 0.1) is 30.2 Å². The monoisotopic (exact) mass is 581 g/mol. The van der Waals surface area contributed by atoms with Crippen LogP contribution in [0.15, 0.2) is 60.7 Å². The Balaban J connectivity index is 1.24. The number of amides is 2. The number of hydrogen-bond donors (Lipinski definition) is 2. The van der Waals surface area contributed by atoms with Crippen molar-refractivity contribution >= 4 is 28.8 Å². The van der Waals surface area contributed by atoms with E-state index >= 15 is 0 Å². The number of piperidine rings is 1. The third kappa shape index (κ3) is 5.88. The lowest BCUT2D eigenvalue weighted by molar-refractivity contribution is -0.122. The molecule has 218 valence electrons. The Morgan fingerprint density at radius 1 is 1.07 bits per heavy atom. The van der Waals surface area contributed by atoms with E-state index in [0.717, 1.165) is 16.7 Å². The maximum Gasteiger partial charge on any atom is 0.405 e. The number of rotatable bonds is 4. The minimum atomic E-state index is -4.37. The number of anilines is 1.